The van der Waals surface area contributed by atoms with Gasteiger partial charge in [0.15, 0.2) is 5.60 Å². The van der Waals surface area contributed by atoms with Gasteiger partial charge in [0.1, 0.15) is 11.5 Å². The molecule has 0 saturated carbocycles. The number of fused-ring (bicyclic) bond motifs is 1. The van der Waals surface area contributed by atoms with Crippen LogP contribution in [0.2, 0.25) is 0 Å². The first kappa shape index (κ1) is 20.3. The summed E-state index contributed by atoms with van der Waals surface area (Å²) in [6.45, 7) is 12.0. The molecule has 3 aliphatic rings. The zero-order chi connectivity index (χ0) is 21.0. The Morgan fingerprint density at radius 1 is 1.03 bits per heavy atom. The number of phenolic OH excluding ortho intramolecular Hbond substituents is 1. The molecule has 0 aliphatic carbocycles. The SMILES string of the molecule is CC1=CC2(CCN(C(=O)C3(C)CCc4c(C)c(O)c(C)c(C)c4O3)CC2)OCC1. The van der Waals surface area contributed by atoms with Crippen molar-refractivity contribution in [3.63, 3.8) is 0 Å². The van der Waals surface area contributed by atoms with Gasteiger partial charge in [-0.25, -0.2) is 0 Å². The summed E-state index contributed by atoms with van der Waals surface area (Å²) in [5, 5.41) is 10.4. The van der Waals surface area contributed by atoms with E-state index < -0.39 is 5.60 Å². The van der Waals surface area contributed by atoms with Crippen molar-refractivity contribution in [1.29, 1.82) is 0 Å². The summed E-state index contributed by atoms with van der Waals surface area (Å²) < 4.78 is 12.5. The van der Waals surface area contributed by atoms with Crippen LogP contribution in [0.25, 0.3) is 0 Å². The first-order chi connectivity index (χ1) is 13.7. The van der Waals surface area contributed by atoms with Gasteiger partial charge in [-0.2, -0.15) is 0 Å². The maximum absolute atomic E-state index is 13.5. The molecule has 0 aromatic heterocycles. The predicted molar refractivity (Wildman–Crippen MR) is 113 cm³/mol. The highest BCUT2D eigenvalue weighted by Gasteiger charge is 2.45. The average Bonchev–Trinajstić information content (AvgIpc) is 2.70. The van der Waals surface area contributed by atoms with Crippen molar-refractivity contribution in [2.45, 2.75) is 77.9 Å². The van der Waals surface area contributed by atoms with Gasteiger partial charge >= 0.3 is 0 Å². The zero-order valence-electron chi connectivity index (χ0n) is 18.4. The molecule has 5 heteroatoms. The molecule has 1 aromatic rings. The second-order valence-corrected chi connectivity index (χ2v) is 9.31. The highest BCUT2D eigenvalue weighted by atomic mass is 16.5. The van der Waals surface area contributed by atoms with E-state index in [0.717, 1.165) is 60.3 Å². The fourth-order valence-electron chi connectivity index (χ4n) is 5.09. The summed E-state index contributed by atoms with van der Waals surface area (Å²) in [5.41, 5.74) is 3.99. The van der Waals surface area contributed by atoms with Crippen LogP contribution in [0.15, 0.2) is 11.6 Å². The predicted octanol–water partition coefficient (Wildman–Crippen LogP) is 4.13. The number of benzene rings is 1. The van der Waals surface area contributed by atoms with Gasteiger partial charge in [0.2, 0.25) is 0 Å². The van der Waals surface area contributed by atoms with Gasteiger partial charge in [-0.05, 0) is 77.0 Å². The molecular formula is C24H33NO4. The van der Waals surface area contributed by atoms with Crippen LogP contribution in [-0.2, 0) is 16.0 Å². The number of piperidine rings is 1. The Hall–Kier alpha value is -2.01. The van der Waals surface area contributed by atoms with Crippen LogP contribution in [0.1, 0.15) is 61.8 Å². The number of nitrogens with zero attached hydrogens (tertiary/aromatic N) is 1. The fourth-order valence-corrected chi connectivity index (χ4v) is 5.09. The van der Waals surface area contributed by atoms with Gasteiger partial charge in [0, 0.05) is 25.1 Å². The number of aromatic hydroxyl groups is 1. The first-order valence-electron chi connectivity index (χ1n) is 10.8. The number of carbonyl (C=O) groups excluding carboxylic acids is 1. The molecule has 4 rings (SSSR count). The molecule has 3 aliphatic heterocycles. The largest absolute Gasteiger partial charge is 0.507 e. The Morgan fingerprint density at radius 2 is 1.72 bits per heavy atom. The number of hydrogen-bond donors (Lipinski definition) is 1. The lowest BCUT2D eigenvalue weighted by Gasteiger charge is -2.45. The van der Waals surface area contributed by atoms with E-state index in [0.29, 0.717) is 25.3 Å². The second kappa shape index (κ2) is 7.05. The van der Waals surface area contributed by atoms with Crippen LogP contribution >= 0.6 is 0 Å². The van der Waals surface area contributed by atoms with Crippen molar-refractivity contribution in [1.82, 2.24) is 4.90 Å². The summed E-state index contributed by atoms with van der Waals surface area (Å²) in [6, 6.07) is 0. The van der Waals surface area contributed by atoms with E-state index >= 15 is 0 Å². The maximum atomic E-state index is 13.5. The molecule has 1 spiro atoms. The third-order valence-electron chi connectivity index (χ3n) is 7.26. The van der Waals surface area contributed by atoms with Crippen molar-refractivity contribution in [2.24, 2.45) is 0 Å². The highest BCUT2D eigenvalue weighted by Crippen LogP contribution is 2.44. The quantitative estimate of drug-likeness (QED) is 0.722. The molecule has 158 valence electrons. The number of ether oxygens (including phenoxy) is 2. The van der Waals surface area contributed by atoms with Crippen molar-refractivity contribution in [3.05, 3.63) is 33.9 Å². The number of rotatable bonds is 1. The third-order valence-corrected chi connectivity index (χ3v) is 7.26. The summed E-state index contributed by atoms with van der Waals surface area (Å²) in [7, 11) is 0. The molecule has 29 heavy (non-hydrogen) atoms. The van der Waals surface area contributed by atoms with Crippen LogP contribution in [0.4, 0.5) is 0 Å². The van der Waals surface area contributed by atoms with Gasteiger partial charge in [0.05, 0.1) is 12.2 Å². The molecule has 1 amide bonds. The Balaban J connectivity index is 1.53. The number of likely N-dealkylation sites (tertiary alicyclic amines) is 1. The third kappa shape index (κ3) is 3.33. The summed E-state index contributed by atoms with van der Waals surface area (Å²) in [5.74, 6) is 1.19. The zero-order valence-corrected chi connectivity index (χ0v) is 18.4. The van der Waals surface area contributed by atoms with Crippen LogP contribution in [0.3, 0.4) is 0 Å². The minimum Gasteiger partial charge on any atom is -0.507 e. The summed E-state index contributed by atoms with van der Waals surface area (Å²) in [6.07, 6.45) is 6.32. The van der Waals surface area contributed by atoms with Gasteiger partial charge in [0.25, 0.3) is 5.91 Å². The van der Waals surface area contributed by atoms with Crippen molar-refractivity contribution in [2.75, 3.05) is 19.7 Å². The molecule has 1 fully saturated rings. The fraction of sp³-hybridized carbons (Fsp3) is 0.625. The lowest BCUT2D eigenvalue weighted by atomic mass is 9.84. The van der Waals surface area contributed by atoms with E-state index in [-0.39, 0.29) is 11.5 Å². The second-order valence-electron chi connectivity index (χ2n) is 9.31. The minimum atomic E-state index is -0.864. The number of phenols is 1. The van der Waals surface area contributed by atoms with Gasteiger partial charge < -0.3 is 19.5 Å². The molecule has 1 aromatic carbocycles. The molecule has 1 N–H and O–H groups in total. The van der Waals surface area contributed by atoms with Crippen molar-refractivity contribution >= 4 is 5.91 Å². The number of carbonyl (C=O) groups is 1. The monoisotopic (exact) mass is 399 g/mol. The van der Waals surface area contributed by atoms with Crippen LogP contribution in [0, 0.1) is 20.8 Å². The lowest BCUT2D eigenvalue weighted by Crippen LogP contribution is -2.57. The van der Waals surface area contributed by atoms with Gasteiger partial charge in [-0.1, -0.05) is 11.6 Å². The Labute approximate surface area is 173 Å². The molecule has 1 saturated heterocycles. The molecule has 1 unspecified atom stereocenters. The summed E-state index contributed by atoms with van der Waals surface area (Å²) in [4.78, 5) is 15.4. The molecule has 3 heterocycles. The average molecular weight is 400 g/mol. The number of amides is 1. The van der Waals surface area contributed by atoms with E-state index in [9.17, 15) is 9.90 Å². The van der Waals surface area contributed by atoms with Crippen LogP contribution in [-0.4, -0.2) is 46.8 Å². The van der Waals surface area contributed by atoms with E-state index in [1.165, 1.54) is 5.57 Å². The van der Waals surface area contributed by atoms with Crippen molar-refractivity contribution < 1.29 is 19.4 Å². The smallest absolute Gasteiger partial charge is 0.266 e. The molecule has 5 nitrogen and oxygen atoms in total. The number of hydrogen-bond acceptors (Lipinski definition) is 4. The lowest BCUT2D eigenvalue weighted by molar-refractivity contribution is -0.153. The minimum absolute atomic E-state index is 0.0669. The topological polar surface area (TPSA) is 59.0 Å². The Bertz CT molecular complexity index is 880. The van der Waals surface area contributed by atoms with E-state index in [1.54, 1.807) is 0 Å². The van der Waals surface area contributed by atoms with Crippen LogP contribution in [0.5, 0.6) is 11.5 Å². The molecule has 0 bridgehead atoms. The normalized spacial score (nSPS) is 26.0. The van der Waals surface area contributed by atoms with Gasteiger partial charge in [-0.3, -0.25) is 4.79 Å². The van der Waals surface area contributed by atoms with E-state index in [4.69, 9.17) is 9.47 Å². The molecular weight excluding hydrogens is 366 g/mol. The summed E-state index contributed by atoms with van der Waals surface area (Å²) >= 11 is 0. The van der Waals surface area contributed by atoms with Crippen LogP contribution < -0.4 is 4.74 Å². The Morgan fingerprint density at radius 3 is 2.38 bits per heavy atom. The molecule has 0 radical (unpaired) electrons. The molecule has 1 atom stereocenters. The van der Waals surface area contributed by atoms with Gasteiger partial charge in [-0.15, -0.1) is 0 Å². The maximum Gasteiger partial charge on any atom is 0.266 e. The van der Waals surface area contributed by atoms with E-state index in [1.807, 2.05) is 32.6 Å². The van der Waals surface area contributed by atoms with Crippen molar-refractivity contribution in [3.8, 4) is 11.5 Å². The Kier molecular flexibility index (Phi) is 4.93. The highest BCUT2D eigenvalue weighted by molar-refractivity contribution is 5.86. The standard InChI is InChI=1S/C24H33NO4/c1-15-7-13-28-24(14-15)9-11-25(12-10-24)22(27)23(5)8-6-19-18(4)20(26)16(2)17(3)21(19)29-23/h14,26H,6-13H2,1-5H3. The van der Waals surface area contributed by atoms with E-state index in [2.05, 4.69) is 13.0 Å². The first-order valence-corrected chi connectivity index (χ1v) is 10.8.